The first-order valence-corrected chi connectivity index (χ1v) is 13.9. The van der Waals surface area contributed by atoms with Crippen LogP contribution in [0.1, 0.15) is 18.7 Å². The molecule has 0 amide bonds. The zero-order chi connectivity index (χ0) is 24.9. The Labute approximate surface area is 212 Å². The van der Waals surface area contributed by atoms with Gasteiger partial charge in [-0.15, -0.1) is 0 Å². The molecule has 1 aliphatic heterocycles. The molecule has 9 nitrogen and oxygen atoms in total. The molecule has 1 saturated heterocycles. The van der Waals surface area contributed by atoms with Crippen LogP contribution < -0.4 is 4.74 Å². The topological polar surface area (TPSA) is 116 Å². The first-order valence-electron chi connectivity index (χ1n) is 11.7. The van der Waals surface area contributed by atoms with E-state index in [2.05, 4.69) is 20.1 Å². The van der Waals surface area contributed by atoms with E-state index < -0.39 is 9.84 Å². The summed E-state index contributed by atoms with van der Waals surface area (Å²) in [4.78, 5) is 16.9. The molecule has 1 fully saturated rings. The summed E-state index contributed by atoms with van der Waals surface area (Å²) in [5.74, 6) is 2.50. The first-order chi connectivity index (χ1) is 17.3. The summed E-state index contributed by atoms with van der Waals surface area (Å²) in [7, 11) is -2.96. The number of ether oxygens (including phenoxy) is 1. The van der Waals surface area contributed by atoms with E-state index in [4.69, 9.17) is 21.3 Å². The van der Waals surface area contributed by atoms with Gasteiger partial charge in [0.05, 0.1) is 46.1 Å². The first kappa shape index (κ1) is 22.9. The molecule has 1 N–H and O–H groups in total. The van der Waals surface area contributed by atoms with Crippen molar-refractivity contribution in [2.45, 2.75) is 26.3 Å². The van der Waals surface area contributed by atoms with Crippen molar-refractivity contribution in [2.24, 2.45) is 5.92 Å². The molecule has 5 aromatic rings. The molecule has 1 aliphatic rings. The van der Waals surface area contributed by atoms with Crippen LogP contribution in [-0.2, 0) is 16.4 Å². The molecule has 0 saturated carbocycles. The minimum Gasteiger partial charge on any atom is -0.456 e. The lowest BCUT2D eigenvalue weighted by atomic mass is 10.1. The second-order valence-corrected chi connectivity index (χ2v) is 11.8. The van der Waals surface area contributed by atoms with Crippen LogP contribution in [0.25, 0.3) is 33.3 Å². The Morgan fingerprint density at radius 3 is 2.89 bits per heavy atom. The van der Waals surface area contributed by atoms with Crippen molar-refractivity contribution in [3.8, 4) is 22.8 Å². The monoisotopic (exact) mass is 522 g/mol. The van der Waals surface area contributed by atoms with E-state index in [1.807, 2.05) is 37.4 Å². The highest BCUT2D eigenvalue weighted by atomic mass is 35.5. The molecule has 4 heterocycles. The number of nitrogens with zero attached hydrogens (tertiary/aromatic N) is 5. The van der Waals surface area contributed by atoms with Gasteiger partial charge in [-0.3, -0.25) is 9.67 Å². The van der Waals surface area contributed by atoms with Crippen LogP contribution in [0.4, 0.5) is 0 Å². The van der Waals surface area contributed by atoms with Gasteiger partial charge >= 0.3 is 0 Å². The molecular weight excluding hydrogens is 500 g/mol. The normalized spacial score (nSPS) is 17.6. The molecule has 184 valence electrons. The summed E-state index contributed by atoms with van der Waals surface area (Å²) in [6, 6.07) is 9.21. The molecule has 1 unspecified atom stereocenters. The van der Waals surface area contributed by atoms with Crippen LogP contribution in [0.5, 0.6) is 11.5 Å². The van der Waals surface area contributed by atoms with Gasteiger partial charge in [0.15, 0.2) is 9.84 Å². The van der Waals surface area contributed by atoms with E-state index >= 15 is 0 Å². The second-order valence-electron chi connectivity index (χ2n) is 9.18. The molecule has 2 aromatic carbocycles. The molecule has 6 rings (SSSR count). The third kappa shape index (κ3) is 4.54. The van der Waals surface area contributed by atoms with Gasteiger partial charge in [-0.2, -0.15) is 5.10 Å². The maximum Gasteiger partial charge on any atom is 0.150 e. The van der Waals surface area contributed by atoms with Gasteiger partial charge in [0.2, 0.25) is 0 Å². The largest absolute Gasteiger partial charge is 0.456 e. The minimum absolute atomic E-state index is 0.0678. The average molecular weight is 523 g/mol. The molecule has 3 aromatic heterocycles. The van der Waals surface area contributed by atoms with Gasteiger partial charge in [-0.05, 0) is 49.9 Å². The van der Waals surface area contributed by atoms with E-state index in [0.717, 1.165) is 28.8 Å². The van der Waals surface area contributed by atoms with Crippen molar-refractivity contribution < 1.29 is 13.2 Å². The van der Waals surface area contributed by atoms with Crippen molar-refractivity contribution in [1.29, 1.82) is 0 Å². The van der Waals surface area contributed by atoms with Gasteiger partial charge in [-0.1, -0.05) is 11.6 Å². The van der Waals surface area contributed by atoms with Crippen LogP contribution >= 0.6 is 11.6 Å². The lowest BCUT2D eigenvalue weighted by molar-refractivity contribution is 0.406. The Morgan fingerprint density at radius 1 is 1.17 bits per heavy atom. The zero-order valence-corrected chi connectivity index (χ0v) is 21.1. The van der Waals surface area contributed by atoms with E-state index in [9.17, 15) is 8.42 Å². The number of hydrogen-bond acceptors (Lipinski definition) is 7. The van der Waals surface area contributed by atoms with Crippen LogP contribution in [0.3, 0.4) is 0 Å². The number of nitrogens with one attached hydrogen (secondary N) is 1. The van der Waals surface area contributed by atoms with Crippen molar-refractivity contribution in [2.75, 3.05) is 11.5 Å². The average Bonchev–Trinajstić information content (AvgIpc) is 3.45. The van der Waals surface area contributed by atoms with E-state index in [0.29, 0.717) is 46.2 Å². The second kappa shape index (κ2) is 8.86. The molecule has 0 bridgehead atoms. The Kier molecular flexibility index (Phi) is 5.65. The van der Waals surface area contributed by atoms with Gasteiger partial charge in [0, 0.05) is 24.4 Å². The number of H-pyrrole nitrogens is 1. The van der Waals surface area contributed by atoms with Crippen LogP contribution in [0, 0.1) is 12.8 Å². The van der Waals surface area contributed by atoms with E-state index in [1.165, 1.54) is 0 Å². The number of aromatic nitrogens is 6. The number of rotatable bonds is 5. The van der Waals surface area contributed by atoms with E-state index in [-0.39, 0.29) is 17.4 Å². The summed E-state index contributed by atoms with van der Waals surface area (Å²) >= 11 is 6.71. The van der Waals surface area contributed by atoms with Gasteiger partial charge in [-0.25, -0.2) is 18.4 Å². The maximum absolute atomic E-state index is 12.0. The fraction of sp³-hybridized carbons (Fsp3) is 0.280. The predicted octanol–water partition coefficient (Wildman–Crippen LogP) is 4.95. The summed E-state index contributed by atoms with van der Waals surface area (Å²) in [6.45, 7) is 2.46. The number of benzene rings is 2. The number of fused-ring (bicyclic) bond motifs is 2. The minimum atomic E-state index is -2.96. The quantitative estimate of drug-likeness (QED) is 0.347. The number of aryl methyl sites for hydroxylation is 1. The van der Waals surface area contributed by atoms with Crippen molar-refractivity contribution in [3.63, 3.8) is 0 Å². The number of halogens is 1. The lowest BCUT2D eigenvalue weighted by Crippen LogP contribution is -2.28. The van der Waals surface area contributed by atoms with Crippen molar-refractivity contribution in [1.82, 2.24) is 29.7 Å². The summed E-state index contributed by atoms with van der Waals surface area (Å²) in [5.41, 5.74) is 4.33. The molecule has 0 radical (unpaired) electrons. The third-order valence-electron chi connectivity index (χ3n) is 6.35. The Balaban J connectivity index is 1.26. The smallest absolute Gasteiger partial charge is 0.150 e. The number of hydrogen-bond donors (Lipinski definition) is 1. The van der Waals surface area contributed by atoms with Crippen molar-refractivity contribution >= 4 is 43.5 Å². The van der Waals surface area contributed by atoms with Crippen LogP contribution in [-0.4, -0.2) is 49.6 Å². The highest BCUT2D eigenvalue weighted by molar-refractivity contribution is 7.91. The summed E-state index contributed by atoms with van der Waals surface area (Å²) < 4.78 is 31.8. The maximum atomic E-state index is 12.0. The molecule has 1 atom stereocenters. The summed E-state index contributed by atoms with van der Waals surface area (Å²) in [5, 5.41) is 4.79. The molecule has 0 spiro atoms. The van der Waals surface area contributed by atoms with E-state index in [1.54, 1.807) is 23.1 Å². The van der Waals surface area contributed by atoms with Gasteiger partial charge < -0.3 is 9.72 Å². The SMILES string of the molecule is Cc1nc2ccc(Oc3ccc4ncc(-c5cnn(CC6CCCS(=O)(=O)C6)c5)nc4c3Cl)cc2[nH]1. The van der Waals surface area contributed by atoms with Crippen molar-refractivity contribution in [3.05, 3.63) is 59.8 Å². The summed E-state index contributed by atoms with van der Waals surface area (Å²) in [6.07, 6.45) is 6.85. The lowest BCUT2D eigenvalue weighted by Gasteiger charge is -2.21. The fourth-order valence-corrected chi connectivity index (χ4v) is 6.68. The number of imidazole rings is 1. The standard InChI is InChI=1S/C25H23ClN6O3S/c1-15-29-19-5-4-18(9-21(19)30-15)35-23-7-6-20-25(24(23)26)31-22(11-27-20)17-10-28-32(13-17)12-16-3-2-8-36(33,34)14-16/h4-7,9-11,13,16H,2-3,8,12,14H2,1H3,(H,29,30). The highest BCUT2D eigenvalue weighted by Gasteiger charge is 2.25. The zero-order valence-electron chi connectivity index (χ0n) is 19.5. The highest BCUT2D eigenvalue weighted by Crippen LogP contribution is 2.35. The van der Waals surface area contributed by atoms with Crippen LogP contribution in [0.2, 0.25) is 5.02 Å². The Morgan fingerprint density at radius 2 is 2.03 bits per heavy atom. The number of sulfone groups is 1. The molecule has 11 heteroatoms. The fourth-order valence-electron chi connectivity index (χ4n) is 4.67. The third-order valence-corrected chi connectivity index (χ3v) is 8.60. The van der Waals surface area contributed by atoms with Gasteiger partial charge in [0.1, 0.15) is 27.9 Å². The van der Waals surface area contributed by atoms with Gasteiger partial charge in [0.25, 0.3) is 0 Å². The predicted molar refractivity (Wildman–Crippen MR) is 138 cm³/mol. The Bertz CT molecular complexity index is 1710. The molecule has 36 heavy (non-hydrogen) atoms. The molecular formula is C25H23ClN6O3S. The molecule has 0 aliphatic carbocycles. The Hall–Kier alpha value is -3.50. The number of aromatic amines is 1. The van der Waals surface area contributed by atoms with Crippen LogP contribution in [0.15, 0.2) is 48.9 Å².